The number of halogens is 2. The molecule has 0 fully saturated rings. The molecular weight excluding hydrogens is 248 g/mol. The number of anilines is 1. The molecule has 19 heavy (non-hydrogen) atoms. The van der Waals surface area contributed by atoms with Gasteiger partial charge in [0.15, 0.2) is 0 Å². The van der Waals surface area contributed by atoms with Crippen LogP contribution in [0.25, 0.3) is 0 Å². The predicted octanol–water partition coefficient (Wildman–Crippen LogP) is 4.62. The Morgan fingerprint density at radius 1 is 1.00 bits per heavy atom. The molecule has 2 N–H and O–H groups in total. The molecule has 2 rings (SSSR count). The van der Waals surface area contributed by atoms with Crippen molar-refractivity contribution in [1.29, 1.82) is 0 Å². The van der Waals surface area contributed by atoms with E-state index in [0.717, 1.165) is 11.1 Å². The largest absolute Gasteiger partial charge is 0.457 e. The summed E-state index contributed by atoms with van der Waals surface area (Å²) in [6, 6.07) is 9.85. The maximum absolute atomic E-state index is 12.9. The van der Waals surface area contributed by atoms with Gasteiger partial charge in [-0.25, -0.2) is 8.78 Å². The molecule has 0 heterocycles. The highest BCUT2D eigenvalue weighted by Crippen LogP contribution is 2.34. The van der Waals surface area contributed by atoms with E-state index in [-0.39, 0.29) is 11.3 Å². The molecule has 4 heteroatoms. The van der Waals surface area contributed by atoms with Crippen molar-refractivity contribution in [1.82, 2.24) is 0 Å². The standard InChI is InChI=1S/C15H15F2NO/c1-9-5-10(2)7-12(6-9)19-14-4-3-11(18)8-13(14)15(16)17/h3-8,15H,18H2,1-2H3. The van der Waals surface area contributed by atoms with Crippen LogP contribution in [0.1, 0.15) is 23.1 Å². The topological polar surface area (TPSA) is 35.2 Å². The fourth-order valence-corrected chi connectivity index (χ4v) is 1.95. The summed E-state index contributed by atoms with van der Waals surface area (Å²) in [4.78, 5) is 0. The summed E-state index contributed by atoms with van der Waals surface area (Å²) in [6.07, 6.45) is -2.62. The maximum Gasteiger partial charge on any atom is 0.267 e. The number of hydrogen-bond donors (Lipinski definition) is 1. The maximum atomic E-state index is 12.9. The van der Waals surface area contributed by atoms with Crippen molar-refractivity contribution >= 4 is 5.69 Å². The van der Waals surface area contributed by atoms with Crippen molar-refractivity contribution in [3.63, 3.8) is 0 Å². The fourth-order valence-electron chi connectivity index (χ4n) is 1.95. The Kier molecular flexibility index (Phi) is 3.69. The van der Waals surface area contributed by atoms with Crippen molar-refractivity contribution in [2.75, 3.05) is 5.73 Å². The Morgan fingerprint density at radius 3 is 2.21 bits per heavy atom. The molecule has 0 aliphatic heterocycles. The van der Waals surface area contributed by atoms with E-state index >= 15 is 0 Å². The Balaban J connectivity index is 2.37. The van der Waals surface area contributed by atoms with Crippen LogP contribution in [0, 0.1) is 13.8 Å². The van der Waals surface area contributed by atoms with Gasteiger partial charge in [0.05, 0.1) is 5.56 Å². The van der Waals surface area contributed by atoms with Gasteiger partial charge >= 0.3 is 0 Å². The minimum atomic E-state index is -2.62. The minimum absolute atomic E-state index is 0.134. The smallest absolute Gasteiger partial charge is 0.267 e. The third-order valence-electron chi connectivity index (χ3n) is 2.69. The summed E-state index contributed by atoms with van der Waals surface area (Å²) in [6.45, 7) is 3.85. The number of alkyl halides is 2. The lowest BCUT2D eigenvalue weighted by molar-refractivity contribution is 0.148. The second-order valence-corrected chi connectivity index (χ2v) is 4.52. The number of hydrogen-bond acceptors (Lipinski definition) is 2. The number of rotatable bonds is 3. The predicted molar refractivity (Wildman–Crippen MR) is 71.8 cm³/mol. The zero-order valence-electron chi connectivity index (χ0n) is 10.8. The molecule has 2 nitrogen and oxygen atoms in total. The van der Waals surface area contributed by atoms with E-state index in [0.29, 0.717) is 11.4 Å². The first-order valence-corrected chi connectivity index (χ1v) is 5.89. The van der Waals surface area contributed by atoms with Gasteiger partial charge in [0.2, 0.25) is 0 Å². The second kappa shape index (κ2) is 5.26. The van der Waals surface area contributed by atoms with Crippen LogP contribution in [0.15, 0.2) is 36.4 Å². The molecule has 0 aliphatic carbocycles. The quantitative estimate of drug-likeness (QED) is 0.820. The lowest BCUT2D eigenvalue weighted by Gasteiger charge is -2.12. The molecule has 2 aromatic rings. The Morgan fingerprint density at radius 2 is 1.63 bits per heavy atom. The Bertz CT molecular complexity index is 576. The third kappa shape index (κ3) is 3.22. The Labute approximate surface area is 110 Å². The van der Waals surface area contributed by atoms with E-state index in [4.69, 9.17) is 10.5 Å². The van der Waals surface area contributed by atoms with Crippen molar-refractivity contribution in [3.05, 3.63) is 53.1 Å². The number of nitrogen functional groups attached to an aromatic ring is 1. The van der Waals surface area contributed by atoms with E-state index in [1.165, 1.54) is 12.1 Å². The lowest BCUT2D eigenvalue weighted by Crippen LogP contribution is -1.95. The molecule has 0 saturated carbocycles. The zero-order valence-corrected chi connectivity index (χ0v) is 10.8. The summed E-state index contributed by atoms with van der Waals surface area (Å²) in [5.74, 6) is 0.679. The lowest BCUT2D eigenvalue weighted by atomic mass is 10.1. The highest BCUT2D eigenvalue weighted by molar-refractivity contribution is 5.50. The third-order valence-corrected chi connectivity index (χ3v) is 2.69. The van der Waals surface area contributed by atoms with E-state index < -0.39 is 6.43 Å². The van der Waals surface area contributed by atoms with E-state index in [2.05, 4.69) is 0 Å². The van der Waals surface area contributed by atoms with Crippen LogP contribution < -0.4 is 10.5 Å². The molecule has 0 amide bonds. The first kappa shape index (κ1) is 13.3. The van der Waals surface area contributed by atoms with Gasteiger partial charge < -0.3 is 10.5 Å². The SMILES string of the molecule is Cc1cc(C)cc(Oc2ccc(N)cc2C(F)F)c1. The van der Waals surface area contributed by atoms with Crippen LogP contribution in [0.2, 0.25) is 0 Å². The van der Waals surface area contributed by atoms with E-state index in [1.54, 1.807) is 18.2 Å². The molecule has 0 radical (unpaired) electrons. The summed E-state index contributed by atoms with van der Waals surface area (Å²) >= 11 is 0. The van der Waals surface area contributed by atoms with Gasteiger partial charge in [-0.2, -0.15) is 0 Å². The van der Waals surface area contributed by atoms with Crippen LogP contribution in [0.4, 0.5) is 14.5 Å². The van der Waals surface area contributed by atoms with Crippen LogP contribution in [0.5, 0.6) is 11.5 Å². The number of benzene rings is 2. The molecule has 0 aliphatic rings. The van der Waals surface area contributed by atoms with Crippen molar-refractivity contribution in [2.45, 2.75) is 20.3 Å². The molecule has 0 atom stereocenters. The Hall–Kier alpha value is -2.10. The van der Waals surface area contributed by atoms with Crippen LogP contribution in [-0.4, -0.2) is 0 Å². The highest BCUT2D eigenvalue weighted by atomic mass is 19.3. The van der Waals surface area contributed by atoms with Gasteiger partial charge in [-0.1, -0.05) is 6.07 Å². The highest BCUT2D eigenvalue weighted by Gasteiger charge is 2.15. The molecule has 0 unspecified atom stereocenters. The number of nitrogens with two attached hydrogens (primary N) is 1. The normalized spacial score (nSPS) is 10.8. The van der Waals surface area contributed by atoms with Crippen molar-refractivity contribution in [2.24, 2.45) is 0 Å². The molecule has 2 aromatic carbocycles. The molecule has 0 spiro atoms. The van der Waals surface area contributed by atoms with E-state index in [1.807, 2.05) is 19.9 Å². The zero-order chi connectivity index (χ0) is 14.0. The molecule has 0 saturated heterocycles. The van der Waals surface area contributed by atoms with Gasteiger partial charge in [0, 0.05) is 5.69 Å². The summed E-state index contributed by atoms with van der Waals surface area (Å²) in [7, 11) is 0. The molecular formula is C15H15F2NO. The molecule has 0 bridgehead atoms. The second-order valence-electron chi connectivity index (χ2n) is 4.52. The summed E-state index contributed by atoms with van der Waals surface area (Å²) in [5.41, 5.74) is 7.65. The first-order chi connectivity index (χ1) is 8.95. The first-order valence-electron chi connectivity index (χ1n) is 5.89. The average molecular weight is 263 g/mol. The molecule has 0 aromatic heterocycles. The van der Waals surface area contributed by atoms with Crippen molar-refractivity contribution in [3.8, 4) is 11.5 Å². The monoisotopic (exact) mass is 263 g/mol. The fraction of sp³-hybridized carbons (Fsp3) is 0.200. The van der Waals surface area contributed by atoms with Gasteiger partial charge in [-0.05, 0) is 55.3 Å². The number of ether oxygens (including phenoxy) is 1. The van der Waals surface area contributed by atoms with E-state index in [9.17, 15) is 8.78 Å². The van der Waals surface area contributed by atoms with Gasteiger partial charge in [0.25, 0.3) is 6.43 Å². The average Bonchev–Trinajstić information content (AvgIpc) is 2.30. The van der Waals surface area contributed by atoms with Crippen LogP contribution >= 0.6 is 0 Å². The summed E-state index contributed by atoms with van der Waals surface area (Å²) in [5, 5.41) is 0. The summed E-state index contributed by atoms with van der Waals surface area (Å²) < 4.78 is 31.4. The van der Waals surface area contributed by atoms with Gasteiger partial charge in [-0.15, -0.1) is 0 Å². The van der Waals surface area contributed by atoms with Crippen molar-refractivity contribution < 1.29 is 13.5 Å². The van der Waals surface area contributed by atoms with Crippen LogP contribution in [-0.2, 0) is 0 Å². The minimum Gasteiger partial charge on any atom is -0.457 e. The molecule has 100 valence electrons. The number of aryl methyl sites for hydroxylation is 2. The van der Waals surface area contributed by atoms with Gasteiger partial charge in [0.1, 0.15) is 11.5 Å². The van der Waals surface area contributed by atoms with Gasteiger partial charge in [-0.3, -0.25) is 0 Å². The van der Waals surface area contributed by atoms with Crippen LogP contribution in [0.3, 0.4) is 0 Å².